The van der Waals surface area contributed by atoms with Crippen molar-refractivity contribution in [1.82, 2.24) is 10.3 Å². The Kier molecular flexibility index (Phi) is 7.91. The van der Waals surface area contributed by atoms with Gasteiger partial charge in [0.25, 0.3) is 11.8 Å². The highest BCUT2D eigenvalue weighted by Crippen LogP contribution is 2.28. The summed E-state index contributed by atoms with van der Waals surface area (Å²) in [6.07, 6.45) is 3.81. The normalized spacial score (nSPS) is 10.2. The number of pyridine rings is 1. The second kappa shape index (κ2) is 11.3. The first-order valence-corrected chi connectivity index (χ1v) is 10.1. The zero-order chi connectivity index (χ0) is 22.8. The Balaban J connectivity index is 1.48. The number of rotatable bonds is 9. The number of carbonyl (C=O) groups excluding carboxylic acids is 3. The third-order valence-corrected chi connectivity index (χ3v) is 4.56. The molecule has 3 rings (SSSR count). The minimum atomic E-state index is -0.314. The van der Waals surface area contributed by atoms with Crippen molar-refractivity contribution in [3.05, 3.63) is 84.2 Å². The molecule has 8 heteroatoms. The topological polar surface area (TPSA) is 109 Å². The lowest BCUT2D eigenvalue weighted by Crippen LogP contribution is -2.25. The number of anilines is 2. The first-order chi connectivity index (χ1) is 15.6. The molecule has 0 saturated carbocycles. The fourth-order valence-corrected chi connectivity index (χ4v) is 2.93. The van der Waals surface area contributed by atoms with Crippen molar-refractivity contribution in [2.75, 3.05) is 24.3 Å². The number of hydrogen-bond donors (Lipinski definition) is 3. The van der Waals surface area contributed by atoms with Gasteiger partial charge in [-0.25, -0.2) is 0 Å². The van der Waals surface area contributed by atoms with E-state index >= 15 is 0 Å². The van der Waals surface area contributed by atoms with Crippen molar-refractivity contribution in [3.8, 4) is 5.75 Å². The van der Waals surface area contributed by atoms with Crippen LogP contribution in [-0.2, 0) is 4.79 Å². The molecule has 3 aromatic rings. The molecule has 0 aliphatic heterocycles. The molecule has 8 nitrogen and oxygen atoms in total. The molecule has 1 heterocycles. The van der Waals surface area contributed by atoms with E-state index in [2.05, 4.69) is 20.9 Å². The van der Waals surface area contributed by atoms with Crippen molar-refractivity contribution in [2.24, 2.45) is 0 Å². The summed E-state index contributed by atoms with van der Waals surface area (Å²) < 4.78 is 5.34. The molecular formula is C24H24N4O4. The minimum absolute atomic E-state index is 0.167. The molecule has 0 fully saturated rings. The molecule has 0 aliphatic rings. The smallest absolute Gasteiger partial charge is 0.257 e. The van der Waals surface area contributed by atoms with Crippen LogP contribution >= 0.6 is 0 Å². The van der Waals surface area contributed by atoms with Gasteiger partial charge in [-0.2, -0.15) is 0 Å². The number of carbonyl (C=O) groups is 3. The second-order valence-corrected chi connectivity index (χ2v) is 6.88. The van der Waals surface area contributed by atoms with Crippen molar-refractivity contribution < 1.29 is 19.1 Å². The molecule has 3 amide bonds. The molecule has 0 atom stereocenters. The summed E-state index contributed by atoms with van der Waals surface area (Å²) in [5.74, 6) is -0.256. The number of benzene rings is 2. The lowest BCUT2D eigenvalue weighted by atomic mass is 10.2. The van der Waals surface area contributed by atoms with Crippen LogP contribution in [0.5, 0.6) is 5.75 Å². The van der Waals surface area contributed by atoms with E-state index in [1.807, 2.05) is 6.07 Å². The predicted molar refractivity (Wildman–Crippen MR) is 122 cm³/mol. The lowest BCUT2D eigenvalue weighted by molar-refractivity contribution is -0.116. The molecule has 0 saturated heterocycles. The average Bonchev–Trinajstić information content (AvgIpc) is 2.83. The van der Waals surface area contributed by atoms with Crippen LogP contribution < -0.4 is 20.7 Å². The molecule has 0 bridgehead atoms. The highest BCUT2D eigenvalue weighted by Gasteiger charge is 2.12. The lowest BCUT2D eigenvalue weighted by Gasteiger charge is -2.13. The summed E-state index contributed by atoms with van der Waals surface area (Å²) in [6, 6.07) is 17.2. The van der Waals surface area contributed by atoms with Crippen LogP contribution in [0.3, 0.4) is 0 Å². The largest absolute Gasteiger partial charge is 0.494 e. The first-order valence-electron chi connectivity index (χ1n) is 10.1. The van der Waals surface area contributed by atoms with Crippen LogP contribution in [0, 0.1) is 0 Å². The SMILES string of the molecule is COc1cc(NC(=O)CCCNC(=O)c2ccccc2)ccc1NC(=O)c1cccnc1. The Labute approximate surface area is 186 Å². The van der Waals surface area contributed by atoms with E-state index in [-0.39, 0.29) is 24.1 Å². The maximum Gasteiger partial charge on any atom is 0.257 e. The summed E-state index contributed by atoms with van der Waals surface area (Å²) in [5.41, 5.74) is 2.02. The van der Waals surface area contributed by atoms with E-state index in [4.69, 9.17) is 4.74 Å². The van der Waals surface area contributed by atoms with Gasteiger partial charge >= 0.3 is 0 Å². The average molecular weight is 432 g/mol. The maximum absolute atomic E-state index is 12.3. The minimum Gasteiger partial charge on any atom is -0.494 e. The van der Waals surface area contributed by atoms with Crippen LogP contribution in [0.25, 0.3) is 0 Å². The van der Waals surface area contributed by atoms with Gasteiger partial charge in [0.05, 0.1) is 18.4 Å². The predicted octanol–water partition coefficient (Wildman–Crippen LogP) is 3.49. The third-order valence-electron chi connectivity index (χ3n) is 4.56. The third kappa shape index (κ3) is 6.40. The standard InChI is InChI=1S/C24H24N4O4/c1-32-21-15-19(11-12-20(21)28-24(31)18-9-5-13-25-16-18)27-22(29)10-6-14-26-23(30)17-7-3-2-4-8-17/h2-5,7-9,11-13,15-16H,6,10,14H2,1H3,(H,26,30)(H,27,29)(H,28,31). The van der Waals surface area contributed by atoms with Gasteiger partial charge in [0, 0.05) is 42.7 Å². The summed E-state index contributed by atoms with van der Waals surface area (Å²) >= 11 is 0. The summed E-state index contributed by atoms with van der Waals surface area (Å²) in [4.78, 5) is 40.5. The maximum atomic E-state index is 12.3. The molecule has 3 N–H and O–H groups in total. The van der Waals surface area contributed by atoms with Crippen LogP contribution in [-0.4, -0.2) is 36.4 Å². The molecule has 1 aromatic heterocycles. The van der Waals surface area contributed by atoms with Gasteiger partial charge in [-0.3, -0.25) is 19.4 Å². The molecule has 2 aromatic carbocycles. The number of methoxy groups -OCH3 is 1. The second-order valence-electron chi connectivity index (χ2n) is 6.88. The summed E-state index contributed by atoms with van der Waals surface area (Å²) in [5, 5.41) is 8.35. The summed E-state index contributed by atoms with van der Waals surface area (Å²) in [6.45, 7) is 0.393. The van der Waals surface area contributed by atoms with Crippen LogP contribution in [0.15, 0.2) is 73.1 Å². The Morgan fingerprint density at radius 2 is 1.69 bits per heavy atom. The van der Waals surface area contributed by atoms with Gasteiger partial charge in [0.1, 0.15) is 5.75 Å². The number of nitrogens with zero attached hydrogens (tertiary/aromatic N) is 1. The number of aromatic nitrogens is 1. The van der Waals surface area contributed by atoms with E-state index in [1.54, 1.807) is 60.8 Å². The van der Waals surface area contributed by atoms with Gasteiger partial charge in [-0.1, -0.05) is 18.2 Å². The molecule has 0 aliphatic carbocycles. The molecule has 164 valence electrons. The molecule has 0 spiro atoms. The van der Waals surface area contributed by atoms with Crippen molar-refractivity contribution in [3.63, 3.8) is 0 Å². The highest BCUT2D eigenvalue weighted by molar-refractivity contribution is 6.05. The van der Waals surface area contributed by atoms with Gasteiger partial charge in [0.2, 0.25) is 5.91 Å². The Hall–Kier alpha value is -4.20. The van der Waals surface area contributed by atoms with Gasteiger partial charge in [-0.15, -0.1) is 0 Å². The van der Waals surface area contributed by atoms with Crippen molar-refractivity contribution in [1.29, 1.82) is 0 Å². The van der Waals surface area contributed by atoms with E-state index in [1.165, 1.54) is 13.3 Å². The summed E-state index contributed by atoms with van der Waals surface area (Å²) in [7, 11) is 1.48. The van der Waals surface area contributed by atoms with Crippen LogP contribution in [0.1, 0.15) is 33.6 Å². The number of nitrogens with one attached hydrogen (secondary N) is 3. The fourth-order valence-electron chi connectivity index (χ4n) is 2.93. The Bertz CT molecular complexity index is 1070. The molecular weight excluding hydrogens is 408 g/mol. The van der Waals surface area contributed by atoms with E-state index in [9.17, 15) is 14.4 Å². The zero-order valence-corrected chi connectivity index (χ0v) is 17.6. The van der Waals surface area contributed by atoms with Crippen LogP contribution in [0.4, 0.5) is 11.4 Å². The van der Waals surface area contributed by atoms with E-state index in [0.29, 0.717) is 41.2 Å². The van der Waals surface area contributed by atoms with E-state index < -0.39 is 0 Å². The number of hydrogen-bond acceptors (Lipinski definition) is 5. The molecule has 0 radical (unpaired) electrons. The van der Waals surface area contributed by atoms with Gasteiger partial charge in [-0.05, 0) is 42.8 Å². The highest BCUT2D eigenvalue weighted by atomic mass is 16.5. The molecule has 0 unspecified atom stereocenters. The van der Waals surface area contributed by atoms with E-state index in [0.717, 1.165) is 0 Å². The van der Waals surface area contributed by atoms with Gasteiger partial charge < -0.3 is 20.7 Å². The first kappa shape index (κ1) is 22.5. The van der Waals surface area contributed by atoms with Crippen molar-refractivity contribution >= 4 is 29.1 Å². The number of amides is 3. The Morgan fingerprint density at radius 1 is 0.906 bits per heavy atom. The fraction of sp³-hybridized carbons (Fsp3) is 0.167. The van der Waals surface area contributed by atoms with Crippen molar-refractivity contribution in [2.45, 2.75) is 12.8 Å². The quantitative estimate of drug-likeness (QED) is 0.449. The Morgan fingerprint density at radius 3 is 2.41 bits per heavy atom. The monoisotopic (exact) mass is 432 g/mol. The zero-order valence-electron chi connectivity index (χ0n) is 17.6. The van der Waals surface area contributed by atoms with Crippen LogP contribution in [0.2, 0.25) is 0 Å². The van der Waals surface area contributed by atoms with Gasteiger partial charge in [0.15, 0.2) is 0 Å². The number of ether oxygens (including phenoxy) is 1. The molecule has 32 heavy (non-hydrogen) atoms.